The van der Waals surface area contributed by atoms with Gasteiger partial charge in [-0.3, -0.25) is 14.4 Å². The van der Waals surface area contributed by atoms with Gasteiger partial charge in [-0.1, -0.05) is 18.2 Å². The Morgan fingerprint density at radius 3 is 2.23 bits per heavy atom. The first-order valence-corrected chi connectivity index (χ1v) is 14.9. The van der Waals surface area contributed by atoms with Gasteiger partial charge in [-0.25, -0.2) is 14.3 Å². The van der Waals surface area contributed by atoms with Gasteiger partial charge in [0.05, 0.1) is 18.9 Å². The monoisotopic (exact) mass is 613 g/mol. The number of carbonyl (C=O) groups is 5. The molecule has 1 saturated carbocycles. The maximum atomic E-state index is 13.5. The number of carboxylic acids is 1. The van der Waals surface area contributed by atoms with E-state index in [-0.39, 0.29) is 76.1 Å². The van der Waals surface area contributed by atoms with Crippen LogP contribution in [0.15, 0.2) is 36.4 Å². The molecular weight excluding hydrogens is 574 g/mol. The highest BCUT2D eigenvalue weighted by Gasteiger charge is 2.49. The minimum Gasteiger partial charge on any atom is -0.481 e. The van der Waals surface area contributed by atoms with E-state index in [2.05, 4.69) is 10.4 Å². The molecule has 1 aliphatic heterocycles. The van der Waals surface area contributed by atoms with Gasteiger partial charge in [0, 0.05) is 38.7 Å². The molecule has 44 heavy (non-hydrogen) atoms. The molecule has 0 bridgehead atoms. The summed E-state index contributed by atoms with van der Waals surface area (Å²) in [6.45, 7) is 4.88. The number of aromatic nitrogens is 2. The summed E-state index contributed by atoms with van der Waals surface area (Å²) in [7, 11) is 0. The van der Waals surface area contributed by atoms with Crippen molar-refractivity contribution in [1.29, 1.82) is 0 Å². The number of hydrogen-bond acceptors (Lipinski definition) is 9. The molecule has 14 nitrogen and oxygen atoms in total. The zero-order valence-corrected chi connectivity index (χ0v) is 25.0. The maximum Gasteiger partial charge on any atom is 0.409 e. The summed E-state index contributed by atoms with van der Waals surface area (Å²) >= 11 is 0. The molecule has 238 valence electrons. The van der Waals surface area contributed by atoms with Gasteiger partial charge >= 0.3 is 18.0 Å². The number of piperazine rings is 1. The van der Waals surface area contributed by atoms with Crippen LogP contribution in [0.2, 0.25) is 0 Å². The Bertz CT molecular complexity index is 1330. The second-order valence-corrected chi connectivity index (χ2v) is 10.6. The van der Waals surface area contributed by atoms with Crippen molar-refractivity contribution in [3.8, 4) is 11.6 Å². The zero-order chi connectivity index (χ0) is 31.7. The van der Waals surface area contributed by atoms with Crippen molar-refractivity contribution in [2.45, 2.75) is 64.0 Å². The van der Waals surface area contributed by atoms with Gasteiger partial charge in [0.1, 0.15) is 6.04 Å². The minimum atomic E-state index is -1.18. The first kappa shape index (κ1) is 32.3. The number of nitrogens with one attached hydrogen (secondary N) is 1. The van der Waals surface area contributed by atoms with Crippen LogP contribution < -0.4 is 10.1 Å². The fraction of sp³-hybridized carbons (Fsp3) is 0.533. The Morgan fingerprint density at radius 1 is 0.977 bits per heavy atom. The first-order valence-electron chi connectivity index (χ1n) is 14.9. The Labute approximate surface area is 255 Å². The topological polar surface area (TPSA) is 170 Å². The normalized spacial score (nSPS) is 16.3. The molecular formula is C30H39N5O9. The highest BCUT2D eigenvalue weighted by Crippen LogP contribution is 2.38. The molecule has 4 rings (SSSR count). The van der Waals surface area contributed by atoms with Crippen molar-refractivity contribution in [3.63, 3.8) is 0 Å². The van der Waals surface area contributed by atoms with E-state index in [1.54, 1.807) is 38.1 Å². The standard InChI is InChI=1S/C30H39N5O9/c1-3-42-28(40)30(14-9-15-30)44-24-20-23(32-35(24)21-10-6-5-7-11-21)26(38)31-22(12-8-13-25(36)37)27(39)33-16-18-34(19-17-33)29(41)43-4-2/h5-7,10-11,20,22H,3-4,8-9,12-19H2,1-2H3,(H,31,38)(H,36,37). The van der Waals surface area contributed by atoms with E-state index in [0.29, 0.717) is 18.5 Å². The number of ether oxygens (including phenoxy) is 3. The molecule has 2 aliphatic rings. The summed E-state index contributed by atoms with van der Waals surface area (Å²) in [6.07, 6.45) is 1.30. The lowest BCUT2D eigenvalue weighted by molar-refractivity contribution is -0.170. The van der Waals surface area contributed by atoms with E-state index in [1.165, 1.54) is 20.5 Å². The van der Waals surface area contributed by atoms with E-state index >= 15 is 0 Å². The highest BCUT2D eigenvalue weighted by molar-refractivity contribution is 5.96. The van der Waals surface area contributed by atoms with Crippen LogP contribution in [0.3, 0.4) is 0 Å². The smallest absolute Gasteiger partial charge is 0.409 e. The third kappa shape index (κ3) is 7.66. The molecule has 2 heterocycles. The summed E-state index contributed by atoms with van der Waals surface area (Å²) in [5.74, 6) is -2.38. The van der Waals surface area contributed by atoms with Gasteiger partial charge < -0.3 is 34.4 Å². The SMILES string of the molecule is CCOC(=O)N1CCN(C(=O)C(CCCC(=O)O)NC(=O)c2cc(OC3(C(=O)OCC)CCC3)n(-c3ccccc3)n2)CC1. The summed E-state index contributed by atoms with van der Waals surface area (Å²) in [6, 6.07) is 9.35. The summed E-state index contributed by atoms with van der Waals surface area (Å²) in [4.78, 5) is 66.1. The molecule has 1 atom stereocenters. The molecule has 1 aliphatic carbocycles. The fourth-order valence-corrected chi connectivity index (χ4v) is 5.10. The second kappa shape index (κ2) is 14.7. The molecule has 1 aromatic carbocycles. The van der Waals surface area contributed by atoms with Crippen molar-refractivity contribution < 1.29 is 43.3 Å². The number of nitrogens with zero attached hydrogens (tertiary/aromatic N) is 4. The number of benzene rings is 1. The number of esters is 1. The summed E-state index contributed by atoms with van der Waals surface area (Å²) in [5.41, 5.74) is -0.643. The average molecular weight is 614 g/mol. The van der Waals surface area contributed by atoms with Crippen LogP contribution in [-0.2, 0) is 23.9 Å². The Balaban J connectivity index is 1.54. The van der Waals surface area contributed by atoms with Crippen LogP contribution in [0, 0.1) is 0 Å². The van der Waals surface area contributed by atoms with Crippen molar-refractivity contribution in [1.82, 2.24) is 24.9 Å². The molecule has 0 spiro atoms. The minimum absolute atomic E-state index is 0.0506. The van der Waals surface area contributed by atoms with Crippen molar-refractivity contribution in [2.75, 3.05) is 39.4 Å². The van der Waals surface area contributed by atoms with Crippen LogP contribution in [0.1, 0.15) is 62.9 Å². The molecule has 0 radical (unpaired) electrons. The molecule has 1 aromatic heterocycles. The van der Waals surface area contributed by atoms with Crippen LogP contribution in [0.4, 0.5) is 4.79 Å². The lowest BCUT2D eigenvalue weighted by atomic mass is 9.80. The van der Waals surface area contributed by atoms with Gasteiger partial charge in [-0.2, -0.15) is 5.10 Å². The highest BCUT2D eigenvalue weighted by atomic mass is 16.6. The fourth-order valence-electron chi connectivity index (χ4n) is 5.10. The van der Waals surface area contributed by atoms with E-state index in [0.717, 1.165) is 6.42 Å². The van der Waals surface area contributed by atoms with Gasteiger partial charge in [-0.05, 0) is 58.1 Å². The second-order valence-electron chi connectivity index (χ2n) is 10.6. The number of para-hydroxylation sites is 1. The molecule has 2 aromatic rings. The van der Waals surface area contributed by atoms with Crippen LogP contribution >= 0.6 is 0 Å². The van der Waals surface area contributed by atoms with Crippen LogP contribution in [0.25, 0.3) is 5.69 Å². The number of aliphatic carboxylic acids is 1. The average Bonchev–Trinajstić information content (AvgIpc) is 3.42. The Kier molecular flexibility index (Phi) is 10.8. The van der Waals surface area contributed by atoms with E-state index in [4.69, 9.17) is 19.3 Å². The van der Waals surface area contributed by atoms with Gasteiger partial charge in [0.15, 0.2) is 5.69 Å². The van der Waals surface area contributed by atoms with E-state index in [9.17, 15) is 24.0 Å². The molecule has 1 unspecified atom stereocenters. The van der Waals surface area contributed by atoms with E-state index < -0.39 is 35.6 Å². The largest absolute Gasteiger partial charge is 0.481 e. The summed E-state index contributed by atoms with van der Waals surface area (Å²) in [5, 5.41) is 16.3. The van der Waals surface area contributed by atoms with Gasteiger partial charge in [-0.15, -0.1) is 0 Å². The predicted octanol–water partition coefficient (Wildman–Crippen LogP) is 2.39. The first-order chi connectivity index (χ1) is 21.2. The number of carboxylic acid groups (broad SMARTS) is 1. The van der Waals surface area contributed by atoms with E-state index in [1.807, 2.05) is 6.07 Å². The number of rotatable bonds is 13. The molecule has 3 amide bonds. The Hall–Kier alpha value is -4.62. The van der Waals surface area contributed by atoms with Crippen molar-refractivity contribution in [2.24, 2.45) is 0 Å². The van der Waals surface area contributed by atoms with Gasteiger partial charge in [0.2, 0.25) is 17.4 Å². The summed E-state index contributed by atoms with van der Waals surface area (Å²) < 4.78 is 17.9. The molecule has 1 saturated heterocycles. The molecule has 2 fully saturated rings. The Morgan fingerprint density at radius 2 is 1.64 bits per heavy atom. The van der Waals surface area contributed by atoms with Crippen molar-refractivity contribution >= 4 is 29.8 Å². The number of carbonyl (C=O) groups excluding carboxylic acids is 4. The lowest BCUT2D eigenvalue weighted by Gasteiger charge is -2.38. The third-order valence-corrected chi connectivity index (χ3v) is 7.62. The van der Waals surface area contributed by atoms with Gasteiger partial charge in [0.25, 0.3) is 5.91 Å². The van der Waals surface area contributed by atoms with Crippen LogP contribution in [-0.4, -0.2) is 106 Å². The molecule has 2 N–H and O–H groups in total. The maximum absolute atomic E-state index is 13.5. The number of hydrogen-bond donors (Lipinski definition) is 2. The quantitative estimate of drug-likeness (QED) is 0.320. The zero-order valence-electron chi connectivity index (χ0n) is 25.0. The molecule has 14 heteroatoms. The predicted molar refractivity (Wildman–Crippen MR) is 155 cm³/mol. The van der Waals surface area contributed by atoms with Crippen LogP contribution in [0.5, 0.6) is 5.88 Å². The lowest BCUT2D eigenvalue weighted by Crippen LogP contribution is -2.56. The number of amides is 3. The third-order valence-electron chi connectivity index (χ3n) is 7.62. The van der Waals surface area contributed by atoms with Crippen molar-refractivity contribution in [3.05, 3.63) is 42.1 Å².